The molecule has 0 saturated heterocycles. The molecule has 2 N–H and O–H groups in total. The lowest BCUT2D eigenvalue weighted by Crippen LogP contribution is -2.29. The molecule has 0 aromatic rings. The quantitative estimate of drug-likeness (QED) is 0.643. The van der Waals surface area contributed by atoms with Gasteiger partial charge in [-0.15, -0.1) is 0 Å². The van der Waals surface area contributed by atoms with Crippen LogP contribution in [0.4, 0.5) is 0 Å². The van der Waals surface area contributed by atoms with Crippen LogP contribution in [-0.4, -0.2) is 18.8 Å². The lowest BCUT2D eigenvalue weighted by molar-refractivity contribution is 0.100. The van der Waals surface area contributed by atoms with Crippen LogP contribution in [0.1, 0.15) is 26.7 Å². The van der Waals surface area contributed by atoms with E-state index in [4.69, 9.17) is 10.5 Å². The molecule has 2 nitrogen and oxygen atoms in total. The van der Waals surface area contributed by atoms with Crippen molar-refractivity contribution in [3.05, 3.63) is 0 Å². The second kappa shape index (κ2) is 2.51. The Bertz CT molecular complexity index is 126. The Labute approximate surface area is 62.7 Å². The third kappa shape index (κ3) is 1.50. The number of hydrogen-bond donors (Lipinski definition) is 1. The highest BCUT2D eigenvalue weighted by molar-refractivity contribution is 5.06. The van der Waals surface area contributed by atoms with Crippen molar-refractivity contribution in [2.24, 2.45) is 11.7 Å². The van der Waals surface area contributed by atoms with Crippen LogP contribution in [0.25, 0.3) is 0 Å². The molecule has 1 aliphatic rings. The number of ether oxygens (including phenoxy) is 1. The van der Waals surface area contributed by atoms with E-state index < -0.39 is 0 Å². The maximum absolute atomic E-state index is 5.99. The monoisotopic (exact) mass is 143 g/mol. The zero-order chi connectivity index (χ0) is 7.78. The SMILES string of the molecule is COC(C)CC1(N)CC1C. The predicted octanol–water partition coefficient (Wildman–Crippen LogP) is 1.15. The number of hydrogen-bond acceptors (Lipinski definition) is 2. The minimum atomic E-state index is 0.107. The molecule has 0 spiro atoms. The van der Waals surface area contributed by atoms with Gasteiger partial charge in [-0.05, 0) is 25.7 Å². The second-order valence-electron chi connectivity index (χ2n) is 3.59. The van der Waals surface area contributed by atoms with E-state index in [-0.39, 0.29) is 5.54 Å². The van der Waals surface area contributed by atoms with Crippen molar-refractivity contribution in [3.8, 4) is 0 Å². The van der Waals surface area contributed by atoms with Gasteiger partial charge >= 0.3 is 0 Å². The Hall–Kier alpha value is -0.0800. The van der Waals surface area contributed by atoms with Gasteiger partial charge in [0.25, 0.3) is 0 Å². The molecule has 3 unspecified atom stereocenters. The molecular formula is C8H17NO. The van der Waals surface area contributed by atoms with E-state index in [1.807, 2.05) is 0 Å². The van der Waals surface area contributed by atoms with Gasteiger partial charge in [-0.3, -0.25) is 0 Å². The largest absolute Gasteiger partial charge is 0.382 e. The highest BCUT2D eigenvalue weighted by Gasteiger charge is 2.47. The predicted molar refractivity (Wildman–Crippen MR) is 41.8 cm³/mol. The first kappa shape index (κ1) is 8.02. The van der Waals surface area contributed by atoms with Crippen molar-refractivity contribution in [2.45, 2.75) is 38.3 Å². The maximum atomic E-state index is 5.99. The Kier molecular flexibility index (Phi) is 2.02. The first-order valence-corrected chi connectivity index (χ1v) is 3.90. The molecule has 2 heteroatoms. The van der Waals surface area contributed by atoms with Gasteiger partial charge in [-0.1, -0.05) is 6.92 Å². The van der Waals surface area contributed by atoms with Crippen LogP contribution in [0.3, 0.4) is 0 Å². The number of rotatable bonds is 3. The first-order valence-electron chi connectivity index (χ1n) is 3.90. The van der Waals surface area contributed by atoms with Crippen molar-refractivity contribution in [2.75, 3.05) is 7.11 Å². The topological polar surface area (TPSA) is 35.2 Å². The van der Waals surface area contributed by atoms with Crippen LogP contribution in [0.5, 0.6) is 0 Å². The summed E-state index contributed by atoms with van der Waals surface area (Å²) in [5.74, 6) is 0.699. The van der Waals surface area contributed by atoms with Crippen molar-refractivity contribution < 1.29 is 4.74 Å². The molecule has 0 bridgehead atoms. The molecule has 1 saturated carbocycles. The van der Waals surface area contributed by atoms with Gasteiger partial charge in [0, 0.05) is 12.6 Å². The molecule has 1 rings (SSSR count). The molecule has 0 amide bonds. The third-order valence-electron chi connectivity index (χ3n) is 2.58. The summed E-state index contributed by atoms with van der Waals surface area (Å²) >= 11 is 0. The van der Waals surface area contributed by atoms with E-state index >= 15 is 0 Å². The van der Waals surface area contributed by atoms with Crippen molar-refractivity contribution in [3.63, 3.8) is 0 Å². The van der Waals surface area contributed by atoms with Crippen LogP contribution in [0.2, 0.25) is 0 Å². The van der Waals surface area contributed by atoms with Crippen LogP contribution in [0, 0.1) is 5.92 Å². The van der Waals surface area contributed by atoms with Gasteiger partial charge in [0.1, 0.15) is 0 Å². The molecule has 1 aliphatic carbocycles. The lowest BCUT2D eigenvalue weighted by atomic mass is 10.1. The Morgan fingerprint density at radius 2 is 2.30 bits per heavy atom. The molecule has 1 fully saturated rings. The van der Waals surface area contributed by atoms with Gasteiger partial charge in [-0.25, -0.2) is 0 Å². The van der Waals surface area contributed by atoms with Gasteiger partial charge in [0.15, 0.2) is 0 Å². The second-order valence-corrected chi connectivity index (χ2v) is 3.59. The summed E-state index contributed by atoms with van der Waals surface area (Å²) in [7, 11) is 1.74. The fraction of sp³-hybridized carbons (Fsp3) is 1.00. The summed E-state index contributed by atoms with van der Waals surface area (Å²) in [5.41, 5.74) is 6.09. The molecule has 3 atom stereocenters. The number of nitrogens with two attached hydrogens (primary N) is 1. The fourth-order valence-electron chi connectivity index (χ4n) is 1.41. The van der Waals surface area contributed by atoms with E-state index in [0.29, 0.717) is 12.0 Å². The summed E-state index contributed by atoms with van der Waals surface area (Å²) in [6, 6.07) is 0. The minimum Gasteiger partial charge on any atom is -0.382 e. The fourth-order valence-corrected chi connectivity index (χ4v) is 1.41. The van der Waals surface area contributed by atoms with E-state index in [1.54, 1.807) is 7.11 Å². The van der Waals surface area contributed by atoms with E-state index in [9.17, 15) is 0 Å². The van der Waals surface area contributed by atoms with Crippen LogP contribution in [-0.2, 0) is 4.74 Å². The normalized spacial score (nSPS) is 41.4. The van der Waals surface area contributed by atoms with Gasteiger partial charge in [0.2, 0.25) is 0 Å². The standard InChI is InChI=1S/C8H17NO/c1-6-4-8(6,9)5-7(2)10-3/h6-7H,4-5,9H2,1-3H3. The van der Waals surface area contributed by atoms with Gasteiger partial charge < -0.3 is 10.5 Å². The summed E-state index contributed by atoms with van der Waals surface area (Å²) in [4.78, 5) is 0. The highest BCUT2D eigenvalue weighted by atomic mass is 16.5. The average Bonchev–Trinajstić information content (AvgIpc) is 2.40. The molecule has 0 radical (unpaired) electrons. The van der Waals surface area contributed by atoms with E-state index in [1.165, 1.54) is 6.42 Å². The smallest absolute Gasteiger partial charge is 0.0560 e. The summed E-state index contributed by atoms with van der Waals surface area (Å²) in [5, 5.41) is 0. The van der Waals surface area contributed by atoms with Gasteiger partial charge in [-0.2, -0.15) is 0 Å². The van der Waals surface area contributed by atoms with Crippen LogP contribution < -0.4 is 5.73 Å². The number of methoxy groups -OCH3 is 1. The van der Waals surface area contributed by atoms with Crippen molar-refractivity contribution in [1.82, 2.24) is 0 Å². The molecule has 60 valence electrons. The van der Waals surface area contributed by atoms with E-state index in [2.05, 4.69) is 13.8 Å². The highest BCUT2D eigenvalue weighted by Crippen LogP contribution is 2.44. The van der Waals surface area contributed by atoms with Gasteiger partial charge in [0.05, 0.1) is 6.10 Å². The molecule has 0 aromatic heterocycles. The zero-order valence-corrected chi connectivity index (χ0v) is 7.05. The average molecular weight is 143 g/mol. The lowest BCUT2D eigenvalue weighted by Gasteiger charge is -2.15. The molecule has 0 aliphatic heterocycles. The summed E-state index contributed by atoms with van der Waals surface area (Å²) in [6.07, 6.45) is 2.49. The van der Waals surface area contributed by atoms with Crippen LogP contribution in [0.15, 0.2) is 0 Å². The van der Waals surface area contributed by atoms with E-state index in [0.717, 1.165) is 6.42 Å². The molecule has 0 heterocycles. The van der Waals surface area contributed by atoms with Crippen LogP contribution >= 0.6 is 0 Å². The third-order valence-corrected chi connectivity index (χ3v) is 2.58. The maximum Gasteiger partial charge on any atom is 0.0560 e. The minimum absolute atomic E-state index is 0.107. The Morgan fingerprint density at radius 1 is 1.80 bits per heavy atom. The Balaban J connectivity index is 2.26. The summed E-state index contributed by atoms with van der Waals surface area (Å²) in [6.45, 7) is 4.27. The summed E-state index contributed by atoms with van der Waals surface area (Å²) < 4.78 is 5.13. The molecule has 10 heavy (non-hydrogen) atoms. The Morgan fingerprint density at radius 3 is 2.60 bits per heavy atom. The first-order chi connectivity index (χ1) is 4.58. The van der Waals surface area contributed by atoms with Crippen molar-refractivity contribution >= 4 is 0 Å². The zero-order valence-electron chi connectivity index (χ0n) is 7.05. The van der Waals surface area contributed by atoms with Crippen molar-refractivity contribution in [1.29, 1.82) is 0 Å². The molecule has 0 aromatic carbocycles. The molecular weight excluding hydrogens is 126 g/mol.